The van der Waals surface area contributed by atoms with Gasteiger partial charge in [0.1, 0.15) is 10.9 Å². The summed E-state index contributed by atoms with van der Waals surface area (Å²) >= 11 is 1.50. The number of amides is 1. The molecular formula is C18H16N2OS. The maximum absolute atomic E-state index is 12.6. The summed E-state index contributed by atoms with van der Waals surface area (Å²) in [6.07, 6.45) is 5.36. The predicted molar refractivity (Wildman–Crippen MR) is 87.9 cm³/mol. The van der Waals surface area contributed by atoms with Crippen molar-refractivity contribution in [2.24, 2.45) is 0 Å². The van der Waals surface area contributed by atoms with Gasteiger partial charge < -0.3 is 5.32 Å². The van der Waals surface area contributed by atoms with Crippen LogP contribution in [0.3, 0.4) is 0 Å². The fourth-order valence-corrected chi connectivity index (χ4v) is 4.57. The Balaban J connectivity index is 1.81. The van der Waals surface area contributed by atoms with Gasteiger partial charge in [-0.2, -0.15) is 5.26 Å². The Kier molecular flexibility index (Phi) is 3.05. The number of anilines is 1. The molecule has 1 fully saturated rings. The van der Waals surface area contributed by atoms with E-state index in [4.69, 9.17) is 5.26 Å². The normalized spacial score (nSPS) is 18.8. The summed E-state index contributed by atoms with van der Waals surface area (Å²) in [5, 5.41) is 12.1. The molecule has 4 rings (SSSR count). The van der Waals surface area contributed by atoms with Gasteiger partial charge in [-0.05, 0) is 48.2 Å². The summed E-state index contributed by atoms with van der Waals surface area (Å²) < 4.78 is 0. The van der Waals surface area contributed by atoms with Gasteiger partial charge in [0.05, 0.1) is 5.41 Å². The lowest BCUT2D eigenvalue weighted by molar-refractivity contribution is -0.121. The largest absolute Gasteiger partial charge is 0.325 e. The number of hydrogen-bond donors (Lipinski definition) is 1. The van der Waals surface area contributed by atoms with Crippen LogP contribution >= 0.6 is 11.3 Å². The Labute approximate surface area is 133 Å². The predicted octanol–water partition coefficient (Wildman–Crippen LogP) is 4.44. The van der Waals surface area contributed by atoms with Gasteiger partial charge in [-0.25, -0.2) is 0 Å². The fraction of sp³-hybridized carbons (Fsp3) is 0.333. The number of nitrogens with zero attached hydrogens (tertiary/aromatic N) is 1. The number of hydrogen-bond acceptors (Lipinski definition) is 3. The van der Waals surface area contributed by atoms with E-state index in [1.54, 1.807) is 0 Å². The van der Waals surface area contributed by atoms with Gasteiger partial charge in [0.2, 0.25) is 5.91 Å². The zero-order valence-corrected chi connectivity index (χ0v) is 13.0. The molecule has 110 valence electrons. The van der Waals surface area contributed by atoms with Crippen LogP contribution in [-0.2, 0) is 10.2 Å². The molecule has 0 bridgehead atoms. The Bertz CT molecular complexity index is 794. The van der Waals surface area contributed by atoms with E-state index >= 15 is 0 Å². The molecule has 1 aliphatic heterocycles. The second-order valence-corrected chi connectivity index (χ2v) is 7.22. The number of carbonyl (C=O) groups is 1. The quantitative estimate of drug-likeness (QED) is 0.846. The van der Waals surface area contributed by atoms with Gasteiger partial charge in [0.25, 0.3) is 0 Å². The van der Waals surface area contributed by atoms with Gasteiger partial charge in [0.15, 0.2) is 0 Å². The molecule has 4 heteroatoms. The third kappa shape index (κ3) is 1.89. The van der Waals surface area contributed by atoms with Crippen molar-refractivity contribution in [1.82, 2.24) is 0 Å². The van der Waals surface area contributed by atoms with Crippen LogP contribution < -0.4 is 5.32 Å². The Morgan fingerprint density at radius 2 is 1.95 bits per heavy atom. The molecule has 0 unspecified atom stereocenters. The van der Waals surface area contributed by atoms with E-state index in [9.17, 15) is 4.79 Å². The fourth-order valence-electron chi connectivity index (χ4n) is 3.77. The van der Waals surface area contributed by atoms with E-state index in [0.717, 1.165) is 52.3 Å². The molecule has 1 amide bonds. The van der Waals surface area contributed by atoms with Crippen molar-refractivity contribution in [3.63, 3.8) is 0 Å². The minimum atomic E-state index is -0.321. The van der Waals surface area contributed by atoms with Crippen LogP contribution in [0.15, 0.2) is 30.3 Å². The third-order valence-corrected chi connectivity index (χ3v) is 5.96. The Morgan fingerprint density at radius 3 is 2.68 bits per heavy atom. The lowest BCUT2D eigenvalue weighted by Gasteiger charge is -2.31. The topological polar surface area (TPSA) is 52.9 Å². The second-order valence-electron chi connectivity index (χ2n) is 6.13. The molecule has 22 heavy (non-hydrogen) atoms. The highest BCUT2D eigenvalue weighted by Gasteiger charge is 2.47. The monoisotopic (exact) mass is 308 g/mol. The van der Waals surface area contributed by atoms with Crippen molar-refractivity contribution in [2.75, 3.05) is 5.32 Å². The van der Waals surface area contributed by atoms with Crippen molar-refractivity contribution in [2.45, 2.75) is 37.5 Å². The maximum Gasteiger partial charge on any atom is 0.235 e. The van der Waals surface area contributed by atoms with Gasteiger partial charge in [-0.15, -0.1) is 11.3 Å². The van der Waals surface area contributed by atoms with Crippen LogP contribution in [0.2, 0.25) is 0 Å². The first-order valence-electron chi connectivity index (χ1n) is 7.69. The van der Waals surface area contributed by atoms with Crippen molar-refractivity contribution < 1.29 is 4.79 Å². The number of rotatable bonds is 1. The molecule has 1 N–H and O–H groups in total. The SMILES string of the molecule is N#Cc1ccc(-c2ccc3c(c2)C2(CCCCC2)C(=O)N3)s1. The lowest BCUT2D eigenvalue weighted by Crippen LogP contribution is -2.36. The minimum absolute atomic E-state index is 0.170. The van der Waals surface area contributed by atoms with E-state index in [-0.39, 0.29) is 11.3 Å². The summed E-state index contributed by atoms with van der Waals surface area (Å²) in [6.45, 7) is 0. The third-order valence-electron chi connectivity index (χ3n) is 4.93. The molecule has 0 atom stereocenters. The van der Waals surface area contributed by atoms with Crippen LogP contribution in [0, 0.1) is 11.3 Å². The number of carbonyl (C=O) groups excluding carboxylic acids is 1. The van der Waals surface area contributed by atoms with Crippen molar-refractivity contribution in [3.8, 4) is 16.5 Å². The number of benzene rings is 1. The summed E-state index contributed by atoms with van der Waals surface area (Å²) in [7, 11) is 0. The molecule has 1 aliphatic carbocycles. The molecule has 0 saturated heterocycles. The summed E-state index contributed by atoms with van der Waals surface area (Å²) in [4.78, 5) is 14.4. The molecule has 1 saturated carbocycles. The molecule has 1 spiro atoms. The smallest absolute Gasteiger partial charge is 0.235 e. The highest BCUT2D eigenvalue weighted by molar-refractivity contribution is 7.16. The Morgan fingerprint density at radius 1 is 1.14 bits per heavy atom. The van der Waals surface area contributed by atoms with Crippen LogP contribution in [0.4, 0.5) is 5.69 Å². The zero-order valence-electron chi connectivity index (χ0n) is 12.2. The summed E-state index contributed by atoms with van der Waals surface area (Å²) in [5.41, 5.74) is 2.90. The Hall–Kier alpha value is -2.12. The lowest BCUT2D eigenvalue weighted by atomic mass is 9.70. The highest BCUT2D eigenvalue weighted by atomic mass is 32.1. The highest BCUT2D eigenvalue weighted by Crippen LogP contribution is 2.48. The molecule has 2 aliphatic rings. The maximum atomic E-state index is 12.6. The molecular weight excluding hydrogens is 292 g/mol. The first kappa shape index (κ1) is 13.5. The van der Waals surface area contributed by atoms with Crippen molar-refractivity contribution in [1.29, 1.82) is 5.26 Å². The first-order valence-corrected chi connectivity index (χ1v) is 8.51. The van der Waals surface area contributed by atoms with Gasteiger partial charge >= 0.3 is 0 Å². The zero-order chi connectivity index (χ0) is 15.2. The number of thiophene rings is 1. The van der Waals surface area contributed by atoms with Crippen LogP contribution in [0.25, 0.3) is 10.4 Å². The van der Waals surface area contributed by atoms with E-state index < -0.39 is 0 Å². The minimum Gasteiger partial charge on any atom is -0.325 e. The van der Waals surface area contributed by atoms with Crippen LogP contribution in [-0.4, -0.2) is 5.91 Å². The number of nitrogens with one attached hydrogen (secondary N) is 1. The summed E-state index contributed by atoms with van der Waals surface area (Å²) in [5.74, 6) is 0.170. The number of fused-ring (bicyclic) bond motifs is 2. The van der Waals surface area contributed by atoms with Crippen LogP contribution in [0.5, 0.6) is 0 Å². The first-order chi connectivity index (χ1) is 10.7. The van der Waals surface area contributed by atoms with Crippen LogP contribution in [0.1, 0.15) is 42.5 Å². The molecule has 3 nitrogen and oxygen atoms in total. The van der Waals surface area contributed by atoms with E-state index in [1.807, 2.05) is 24.3 Å². The molecule has 2 heterocycles. The molecule has 2 aromatic rings. The van der Waals surface area contributed by atoms with Crippen molar-refractivity contribution in [3.05, 3.63) is 40.8 Å². The van der Waals surface area contributed by atoms with Gasteiger partial charge in [-0.3, -0.25) is 4.79 Å². The molecule has 1 aromatic heterocycles. The average Bonchev–Trinajstić information content (AvgIpc) is 3.13. The van der Waals surface area contributed by atoms with E-state index in [0.29, 0.717) is 0 Å². The van der Waals surface area contributed by atoms with E-state index in [1.165, 1.54) is 17.8 Å². The van der Waals surface area contributed by atoms with Gasteiger partial charge in [-0.1, -0.05) is 25.3 Å². The summed E-state index contributed by atoms with van der Waals surface area (Å²) in [6, 6.07) is 12.2. The van der Waals surface area contributed by atoms with Gasteiger partial charge in [0, 0.05) is 10.6 Å². The number of nitriles is 1. The molecule has 1 aromatic carbocycles. The average molecular weight is 308 g/mol. The van der Waals surface area contributed by atoms with Crippen molar-refractivity contribution >= 4 is 22.9 Å². The standard InChI is InChI=1S/C18H16N2OS/c19-11-13-5-7-16(22-13)12-4-6-15-14(10-12)18(17(21)20-15)8-2-1-3-9-18/h4-7,10H,1-3,8-9H2,(H,20,21). The second kappa shape index (κ2) is 4.96. The van der Waals surface area contributed by atoms with E-state index in [2.05, 4.69) is 17.5 Å². The molecule has 0 radical (unpaired) electrons.